The molecule has 2 aromatic heterocycles. The van der Waals surface area contributed by atoms with E-state index in [1.54, 1.807) is 19.2 Å². The van der Waals surface area contributed by atoms with E-state index in [1.165, 1.54) is 11.3 Å². The van der Waals surface area contributed by atoms with E-state index in [0.717, 1.165) is 0 Å². The Balaban J connectivity index is 2.05. The molecule has 0 aromatic carbocycles. The zero-order valence-corrected chi connectivity index (χ0v) is 13.5. The van der Waals surface area contributed by atoms with Crippen molar-refractivity contribution in [3.8, 4) is 0 Å². The highest BCUT2D eigenvalue weighted by Gasteiger charge is 2.20. The second-order valence-corrected chi connectivity index (χ2v) is 5.35. The molecule has 0 fully saturated rings. The van der Waals surface area contributed by atoms with Crippen LogP contribution in [-0.2, 0) is 22.4 Å². The number of thiazole rings is 1. The van der Waals surface area contributed by atoms with Crippen molar-refractivity contribution in [1.82, 2.24) is 10.1 Å². The Hall–Kier alpha value is -2.22. The van der Waals surface area contributed by atoms with Crippen molar-refractivity contribution in [2.75, 3.05) is 11.9 Å². The Kier molecular flexibility index (Phi) is 5.26. The van der Waals surface area contributed by atoms with Gasteiger partial charge in [0.25, 0.3) is 5.91 Å². The lowest BCUT2D eigenvalue weighted by atomic mass is 10.1. The van der Waals surface area contributed by atoms with Gasteiger partial charge < -0.3 is 9.26 Å². The summed E-state index contributed by atoms with van der Waals surface area (Å²) in [6.07, 6.45) is 0.693. The van der Waals surface area contributed by atoms with Gasteiger partial charge in [-0.15, -0.1) is 11.3 Å². The lowest BCUT2D eigenvalue weighted by Crippen LogP contribution is -2.14. The van der Waals surface area contributed by atoms with Gasteiger partial charge in [-0.1, -0.05) is 12.1 Å². The van der Waals surface area contributed by atoms with Crippen LogP contribution in [0.25, 0.3) is 0 Å². The van der Waals surface area contributed by atoms with Crippen LogP contribution in [-0.4, -0.2) is 28.6 Å². The molecule has 7 nitrogen and oxygen atoms in total. The molecule has 1 amide bonds. The van der Waals surface area contributed by atoms with Crippen LogP contribution in [0.3, 0.4) is 0 Å². The highest BCUT2D eigenvalue weighted by molar-refractivity contribution is 7.14. The van der Waals surface area contributed by atoms with Crippen LogP contribution in [0.15, 0.2) is 9.90 Å². The van der Waals surface area contributed by atoms with E-state index in [9.17, 15) is 9.59 Å². The van der Waals surface area contributed by atoms with Gasteiger partial charge in [0.2, 0.25) is 0 Å². The normalized spacial score (nSPS) is 10.5. The molecule has 0 atom stereocenters. The molecule has 118 valence electrons. The van der Waals surface area contributed by atoms with E-state index in [4.69, 9.17) is 9.26 Å². The number of esters is 1. The number of anilines is 1. The van der Waals surface area contributed by atoms with Gasteiger partial charge in [-0.05, 0) is 20.3 Å². The number of nitrogens with zero attached hydrogens (tertiary/aromatic N) is 2. The first-order chi connectivity index (χ1) is 10.5. The molecule has 22 heavy (non-hydrogen) atoms. The number of aryl methyl sites for hydroxylation is 2. The zero-order chi connectivity index (χ0) is 16.1. The number of nitrogens with one attached hydrogen (secondary N) is 1. The highest BCUT2D eigenvalue weighted by Crippen LogP contribution is 2.20. The quantitative estimate of drug-likeness (QED) is 0.820. The summed E-state index contributed by atoms with van der Waals surface area (Å²) >= 11 is 1.25. The Bertz CT molecular complexity index is 677. The molecule has 2 aromatic rings. The van der Waals surface area contributed by atoms with Crippen molar-refractivity contribution in [1.29, 1.82) is 0 Å². The maximum atomic E-state index is 12.3. The van der Waals surface area contributed by atoms with Crippen molar-refractivity contribution >= 4 is 28.3 Å². The summed E-state index contributed by atoms with van der Waals surface area (Å²) in [5, 5.41) is 8.69. The smallest absolute Gasteiger partial charge is 0.311 e. The van der Waals surface area contributed by atoms with Gasteiger partial charge in [0.1, 0.15) is 11.3 Å². The third-order valence-corrected chi connectivity index (χ3v) is 3.70. The molecule has 2 rings (SSSR count). The van der Waals surface area contributed by atoms with E-state index in [1.807, 2.05) is 6.92 Å². The maximum absolute atomic E-state index is 12.3. The number of aromatic nitrogens is 2. The summed E-state index contributed by atoms with van der Waals surface area (Å²) in [7, 11) is 0. The number of carbonyl (C=O) groups excluding carboxylic acids is 2. The first-order valence-electron chi connectivity index (χ1n) is 6.91. The van der Waals surface area contributed by atoms with Crippen LogP contribution in [0.2, 0.25) is 0 Å². The predicted octanol–water partition coefficient (Wildman–Crippen LogP) is 2.36. The summed E-state index contributed by atoms with van der Waals surface area (Å²) in [4.78, 5) is 27.9. The molecule has 0 unspecified atom stereocenters. The average molecular weight is 323 g/mol. The van der Waals surface area contributed by atoms with Crippen LogP contribution in [0.1, 0.15) is 41.4 Å². The van der Waals surface area contributed by atoms with Crippen molar-refractivity contribution < 1.29 is 18.8 Å². The topological polar surface area (TPSA) is 94.3 Å². The van der Waals surface area contributed by atoms with E-state index < -0.39 is 0 Å². The maximum Gasteiger partial charge on any atom is 0.311 e. The first-order valence-corrected chi connectivity index (χ1v) is 7.79. The van der Waals surface area contributed by atoms with Crippen LogP contribution in [0.4, 0.5) is 5.13 Å². The number of carbonyl (C=O) groups is 2. The molecule has 8 heteroatoms. The van der Waals surface area contributed by atoms with Crippen LogP contribution < -0.4 is 5.32 Å². The summed E-state index contributed by atoms with van der Waals surface area (Å²) in [5.41, 5.74) is 1.61. The highest BCUT2D eigenvalue weighted by atomic mass is 32.1. The number of rotatable bonds is 6. The molecule has 0 saturated heterocycles. The van der Waals surface area contributed by atoms with Gasteiger partial charge >= 0.3 is 5.97 Å². The third-order valence-electron chi connectivity index (χ3n) is 2.90. The summed E-state index contributed by atoms with van der Waals surface area (Å²) in [6.45, 7) is 5.67. The minimum Gasteiger partial charge on any atom is -0.466 e. The SMILES string of the molecule is CCOC(=O)Cc1csc(NC(=O)c2c(CC)noc2C)n1. The van der Waals surface area contributed by atoms with E-state index in [0.29, 0.717) is 40.9 Å². The Labute approximate surface area is 131 Å². The van der Waals surface area contributed by atoms with Crippen molar-refractivity contribution in [3.63, 3.8) is 0 Å². The fraction of sp³-hybridized carbons (Fsp3) is 0.429. The molecule has 0 saturated carbocycles. The Morgan fingerprint density at radius 2 is 2.18 bits per heavy atom. The molecule has 0 radical (unpaired) electrons. The van der Waals surface area contributed by atoms with Gasteiger partial charge in [-0.25, -0.2) is 4.98 Å². The fourth-order valence-corrected chi connectivity index (χ4v) is 2.62. The summed E-state index contributed by atoms with van der Waals surface area (Å²) in [6, 6.07) is 0. The average Bonchev–Trinajstić information content (AvgIpc) is 3.05. The van der Waals surface area contributed by atoms with Gasteiger partial charge in [0.15, 0.2) is 5.13 Å². The zero-order valence-electron chi connectivity index (χ0n) is 12.6. The molecule has 0 aliphatic carbocycles. The number of ether oxygens (including phenoxy) is 1. The van der Waals surface area contributed by atoms with Crippen molar-refractivity contribution in [3.05, 3.63) is 28.1 Å². The molecule has 0 spiro atoms. The van der Waals surface area contributed by atoms with Crippen molar-refractivity contribution in [2.45, 2.75) is 33.6 Å². The Morgan fingerprint density at radius 1 is 1.41 bits per heavy atom. The molecule has 0 aliphatic rings. The third kappa shape index (κ3) is 3.70. The molecule has 1 N–H and O–H groups in total. The molecular weight excluding hydrogens is 306 g/mol. The minimum atomic E-state index is -0.339. The fourth-order valence-electron chi connectivity index (χ4n) is 1.92. The summed E-state index contributed by atoms with van der Waals surface area (Å²) < 4.78 is 9.90. The van der Waals surface area contributed by atoms with E-state index in [2.05, 4.69) is 15.5 Å². The predicted molar refractivity (Wildman–Crippen MR) is 81.0 cm³/mol. The van der Waals surface area contributed by atoms with E-state index >= 15 is 0 Å². The lowest BCUT2D eigenvalue weighted by molar-refractivity contribution is -0.142. The molecule has 2 heterocycles. The van der Waals surface area contributed by atoms with Crippen LogP contribution in [0.5, 0.6) is 0 Å². The first kappa shape index (κ1) is 16.2. The standard InChI is InChI=1S/C14H17N3O4S/c1-4-10-12(8(3)21-17-10)13(19)16-14-15-9(7-22-14)6-11(18)20-5-2/h7H,4-6H2,1-3H3,(H,15,16,19). The van der Waals surface area contributed by atoms with Gasteiger partial charge in [0.05, 0.1) is 24.4 Å². The number of amides is 1. The van der Waals surface area contributed by atoms with Crippen LogP contribution in [0, 0.1) is 6.92 Å². The monoisotopic (exact) mass is 323 g/mol. The van der Waals surface area contributed by atoms with Gasteiger partial charge in [-0.3, -0.25) is 14.9 Å². The molecule has 0 bridgehead atoms. The van der Waals surface area contributed by atoms with Crippen molar-refractivity contribution in [2.24, 2.45) is 0 Å². The second-order valence-electron chi connectivity index (χ2n) is 4.49. The minimum absolute atomic E-state index is 0.0900. The van der Waals surface area contributed by atoms with Gasteiger partial charge in [-0.2, -0.15) is 0 Å². The van der Waals surface area contributed by atoms with Crippen LogP contribution >= 0.6 is 11.3 Å². The molecular formula is C14H17N3O4S. The molecule has 0 aliphatic heterocycles. The number of hydrogen-bond donors (Lipinski definition) is 1. The van der Waals surface area contributed by atoms with E-state index in [-0.39, 0.29) is 18.3 Å². The second kappa shape index (κ2) is 7.17. The summed E-state index contributed by atoms with van der Waals surface area (Å²) in [5.74, 6) is -0.181. The van der Waals surface area contributed by atoms with Gasteiger partial charge in [0, 0.05) is 5.38 Å². The number of hydrogen-bond acceptors (Lipinski definition) is 7. The largest absolute Gasteiger partial charge is 0.466 e. The Morgan fingerprint density at radius 3 is 2.86 bits per heavy atom. The lowest BCUT2D eigenvalue weighted by Gasteiger charge is -2.01.